The van der Waals surface area contributed by atoms with Gasteiger partial charge in [-0.3, -0.25) is 0 Å². The maximum Gasteiger partial charge on any atom is 0.166 e. The zero-order valence-electron chi connectivity index (χ0n) is 10.2. The molecule has 2 N–H and O–H groups in total. The van der Waals surface area contributed by atoms with E-state index in [4.69, 9.17) is 15.2 Å². The van der Waals surface area contributed by atoms with Gasteiger partial charge in [0.15, 0.2) is 15.6 Å². The van der Waals surface area contributed by atoms with Crippen LogP contribution in [0.2, 0.25) is 0 Å². The highest BCUT2D eigenvalue weighted by molar-refractivity contribution is 7.91. The van der Waals surface area contributed by atoms with E-state index < -0.39 is 15.6 Å². The smallest absolute Gasteiger partial charge is 0.166 e. The van der Waals surface area contributed by atoms with Crippen LogP contribution in [0.25, 0.3) is 0 Å². The lowest BCUT2D eigenvalue weighted by atomic mass is 9.99. The lowest BCUT2D eigenvalue weighted by Gasteiger charge is -2.26. The number of hydrogen-bond donors (Lipinski definition) is 1. The molecular formula is C11H21NO4S. The van der Waals surface area contributed by atoms with Crippen molar-refractivity contribution in [3.63, 3.8) is 0 Å². The van der Waals surface area contributed by atoms with E-state index in [1.54, 1.807) is 0 Å². The van der Waals surface area contributed by atoms with Crippen LogP contribution in [0.15, 0.2) is 0 Å². The van der Waals surface area contributed by atoms with Crippen molar-refractivity contribution in [1.82, 2.24) is 0 Å². The van der Waals surface area contributed by atoms with E-state index in [2.05, 4.69) is 0 Å². The molecule has 2 rings (SSSR count). The highest BCUT2D eigenvalue weighted by atomic mass is 32.2. The normalized spacial score (nSPS) is 40.8. The van der Waals surface area contributed by atoms with Crippen LogP contribution in [-0.2, 0) is 19.3 Å². The Balaban J connectivity index is 1.87. The van der Waals surface area contributed by atoms with Crippen molar-refractivity contribution >= 4 is 9.84 Å². The first-order chi connectivity index (χ1) is 7.92. The number of nitrogens with two attached hydrogens (primary N) is 1. The molecule has 0 spiro atoms. The topological polar surface area (TPSA) is 78.6 Å². The maximum absolute atomic E-state index is 11.4. The van der Waals surface area contributed by atoms with Gasteiger partial charge in [-0.05, 0) is 32.2 Å². The van der Waals surface area contributed by atoms with E-state index in [1.807, 2.05) is 6.92 Å². The molecule has 0 aliphatic carbocycles. The highest BCUT2D eigenvalue weighted by Crippen LogP contribution is 2.34. The van der Waals surface area contributed by atoms with Gasteiger partial charge < -0.3 is 15.2 Å². The average Bonchev–Trinajstić information content (AvgIpc) is 2.72. The molecule has 100 valence electrons. The van der Waals surface area contributed by atoms with Crippen LogP contribution in [0.3, 0.4) is 0 Å². The molecule has 2 saturated heterocycles. The first kappa shape index (κ1) is 13.3. The van der Waals surface area contributed by atoms with Gasteiger partial charge in [0.1, 0.15) is 0 Å². The molecule has 5 nitrogen and oxygen atoms in total. The Bertz CT molecular complexity index is 370. The van der Waals surface area contributed by atoms with Crippen molar-refractivity contribution in [2.24, 2.45) is 11.7 Å². The summed E-state index contributed by atoms with van der Waals surface area (Å²) in [5.41, 5.74) is 5.48. The quantitative estimate of drug-likeness (QED) is 0.789. The molecule has 2 aliphatic rings. The van der Waals surface area contributed by atoms with Gasteiger partial charge in [0.2, 0.25) is 0 Å². The van der Waals surface area contributed by atoms with E-state index >= 15 is 0 Å². The summed E-state index contributed by atoms with van der Waals surface area (Å²) < 4.78 is 34.3. The molecule has 3 unspecified atom stereocenters. The summed E-state index contributed by atoms with van der Waals surface area (Å²) in [5.74, 6) is 0.128. The monoisotopic (exact) mass is 263 g/mol. The van der Waals surface area contributed by atoms with E-state index in [0.29, 0.717) is 25.3 Å². The molecule has 0 bridgehead atoms. The minimum absolute atomic E-state index is 0.0583. The summed E-state index contributed by atoms with van der Waals surface area (Å²) in [4.78, 5) is 0. The molecule has 0 saturated carbocycles. The third-order valence-electron chi connectivity index (χ3n) is 3.47. The van der Waals surface area contributed by atoms with Crippen LogP contribution in [-0.4, -0.2) is 45.0 Å². The van der Waals surface area contributed by atoms with Gasteiger partial charge in [-0.15, -0.1) is 0 Å². The molecule has 2 fully saturated rings. The Hall–Kier alpha value is -0.170. The van der Waals surface area contributed by atoms with Crippen LogP contribution in [0, 0.1) is 5.92 Å². The largest absolute Gasteiger partial charge is 0.348 e. The second-order valence-electron chi connectivity index (χ2n) is 5.24. The van der Waals surface area contributed by atoms with Crippen LogP contribution in [0.5, 0.6) is 0 Å². The van der Waals surface area contributed by atoms with Crippen molar-refractivity contribution in [2.75, 3.05) is 24.7 Å². The lowest BCUT2D eigenvalue weighted by Crippen LogP contribution is -2.30. The third-order valence-corrected chi connectivity index (χ3v) is 5.30. The van der Waals surface area contributed by atoms with Gasteiger partial charge in [-0.25, -0.2) is 8.42 Å². The fourth-order valence-corrected chi connectivity index (χ4v) is 4.54. The minimum Gasteiger partial charge on any atom is -0.348 e. The van der Waals surface area contributed by atoms with Crippen molar-refractivity contribution in [3.05, 3.63) is 0 Å². The van der Waals surface area contributed by atoms with Gasteiger partial charge in [0.05, 0.1) is 24.2 Å². The van der Waals surface area contributed by atoms with Crippen molar-refractivity contribution in [2.45, 2.75) is 38.1 Å². The fraction of sp³-hybridized carbons (Fsp3) is 1.00. The van der Waals surface area contributed by atoms with E-state index in [1.165, 1.54) is 0 Å². The number of sulfone groups is 1. The average molecular weight is 263 g/mol. The van der Waals surface area contributed by atoms with Crippen LogP contribution >= 0.6 is 0 Å². The first-order valence-corrected chi connectivity index (χ1v) is 7.97. The zero-order valence-corrected chi connectivity index (χ0v) is 11.0. The Morgan fingerprint density at radius 3 is 2.82 bits per heavy atom. The maximum atomic E-state index is 11.4. The molecule has 0 radical (unpaired) electrons. The predicted octanol–water partition coefficient (Wildman–Crippen LogP) is 0.292. The minimum atomic E-state index is -2.82. The Labute approximate surface area is 103 Å². The second-order valence-corrected chi connectivity index (χ2v) is 7.46. The van der Waals surface area contributed by atoms with Gasteiger partial charge in [-0.2, -0.15) is 0 Å². The molecule has 2 heterocycles. The fourth-order valence-electron chi connectivity index (χ4n) is 2.68. The highest BCUT2D eigenvalue weighted by Gasteiger charge is 2.41. The van der Waals surface area contributed by atoms with Crippen LogP contribution in [0.1, 0.15) is 26.2 Å². The van der Waals surface area contributed by atoms with Gasteiger partial charge in [-0.1, -0.05) is 0 Å². The summed E-state index contributed by atoms with van der Waals surface area (Å²) in [7, 11) is -2.82. The second kappa shape index (κ2) is 4.84. The van der Waals surface area contributed by atoms with Gasteiger partial charge in [0.25, 0.3) is 0 Å². The summed E-state index contributed by atoms with van der Waals surface area (Å²) in [6.45, 7) is 3.05. The Morgan fingerprint density at radius 1 is 1.47 bits per heavy atom. The molecule has 6 heteroatoms. The number of rotatable bonds is 4. The zero-order chi connectivity index (χ0) is 12.5. The summed E-state index contributed by atoms with van der Waals surface area (Å²) in [6.07, 6.45) is 2.24. The molecule has 3 atom stereocenters. The van der Waals surface area contributed by atoms with Crippen molar-refractivity contribution in [1.29, 1.82) is 0 Å². The summed E-state index contributed by atoms with van der Waals surface area (Å²) in [5, 5.41) is 0. The lowest BCUT2D eigenvalue weighted by molar-refractivity contribution is -0.165. The first-order valence-electron chi connectivity index (χ1n) is 6.15. The molecule has 0 aromatic heterocycles. The summed E-state index contributed by atoms with van der Waals surface area (Å²) >= 11 is 0. The van der Waals surface area contributed by atoms with E-state index in [-0.39, 0.29) is 17.8 Å². The third kappa shape index (κ3) is 3.40. The van der Waals surface area contributed by atoms with Crippen LogP contribution in [0.4, 0.5) is 0 Å². The van der Waals surface area contributed by atoms with Crippen molar-refractivity contribution in [3.8, 4) is 0 Å². The summed E-state index contributed by atoms with van der Waals surface area (Å²) in [6, 6.07) is 0. The molecule has 0 aromatic carbocycles. The van der Waals surface area contributed by atoms with Gasteiger partial charge >= 0.3 is 0 Å². The number of hydrogen-bond acceptors (Lipinski definition) is 5. The molecule has 0 aromatic rings. The van der Waals surface area contributed by atoms with Crippen molar-refractivity contribution < 1.29 is 17.9 Å². The van der Waals surface area contributed by atoms with Gasteiger partial charge in [0, 0.05) is 6.42 Å². The van der Waals surface area contributed by atoms with E-state index in [0.717, 1.165) is 12.8 Å². The molecule has 0 amide bonds. The molecular weight excluding hydrogens is 242 g/mol. The Morgan fingerprint density at radius 2 is 2.24 bits per heavy atom. The number of ether oxygens (including phenoxy) is 2. The van der Waals surface area contributed by atoms with Crippen LogP contribution < -0.4 is 5.73 Å². The Kier molecular flexibility index (Phi) is 3.77. The predicted molar refractivity (Wildman–Crippen MR) is 64.3 cm³/mol. The standard InChI is InChI=1S/C11H21NO4S/c1-11(15-7-10(16-11)2-4-12)6-9-3-5-17(13,14)8-9/h9-10H,2-8,12H2,1H3. The molecule has 17 heavy (non-hydrogen) atoms. The molecule has 2 aliphatic heterocycles. The SMILES string of the molecule is CC1(CC2CCS(=O)(=O)C2)OCC(CCN)O1. The van der Waals surface area contributed by atoms with E-state index in [9.17, 15) is 8.42 Å².